The first kappa shape index (κ1) is 21.7. The van der Waals surface area contributed by atoms with Gasteiger partial charge in [-0.25, -0.2) is 9.37 Å². The van der Waals surface area contributed by atoms with Crippen LogP contribution in [0.4, 0.5) is 4.39 Å². The molecule has 3 heterocycles. The molecule has 0 bridgehead atoms. The quantitative estimate of drug-likeness (QED) is 0.444. The molecule has 0 aliphatic carbocycles. The number of amides is 1. The van der Waals surface area contributed by atoms with Crippen LogP contribution in [-0.2, 0) is 6.54 Å². The average Bonchev–Trinajstić information content (AvgIpc) is 3.24. The van der Waals surface area contributed by atoms with E-state index >= 15 is 0 Å². The summed E-state index contributed by atoms with van der Waals surface area (Å²) in [5.74, 6) is -0.812. The molecule has 4 aromatic rings. The predicted molar refractivity (Wildman–Crippen MR) is 125 cm³/mol. The van der Waals surface area contributed by atoms with Crippen LogP contribution in [0.5, 0.6) is 0 Å². The van der Waals surface area contributed by atoms with Crippen molar-refractivity contribution in [3.8, 4) is 10.6 Å². The molecular formula is C23H19ClFN5O2S. The van der Waals surface area contributed by atoms with Crippen molar-refractivity contribution in [2.45, 2.75) is 6.54 Å². The number of piperazine rings is 1. The lowest BCUT2D eigenvalue weighted by Crippen LogP contribution is -2.48. The maximum atomic E-state index is 13.9. The van der Waals surface area contributed by atoms with Gasteiger partial charge in [-0.1, -0.05) is 47.2 Å². The highest BCUT2D eigenvalue weighted by atomic mass is 35.5. The van der Waals surface area contributed by atoms with Gasteiger partial charge in [0.15, 0.2) is 0 Å². The Morgan fingerprint density at radius 2 is 1.85 bits per heavy atom. The molecule has 168 valence electrons. The van der Waals surface area contributed by atoms with E-state index < -0.39 is 5.82 Å². The minimum Gasteiger partial charge on any atom is -0.336 e. The van der Waals surface area contributed by atoms with Crippen molar-refractivity contribution in [1.82, 2.24) is 24.4 Å². The molecule has 2 aromatic heterocycles. The third-order valence-corrected chi connectivity index (χ3v) is 6.71. The van der Waals surface area contributed by atoms with Crippen LogP contribution in [0.15, 0.2) is 59.4 Å². The molecule has 2 aromatic carbocycles. The van der Waals surface area contributed by atoms with Gasteiger partial charge in [0.2, 0.25) is 4.96 Å². The van der Waals surface area contributed by atoms with Gasteiger partial charge < -0.3 is 4.90 Å². The minimum atomic E-state index is -0.510. The Labute approximate surface area is 197 Å². The standard InChI is InChI=1S/C23H19ClFN5O2S/c24-16-5-3-4-15(12-16)21-27-30-20(31)13-17(26-23(30)33-21)14-28-8-10-29(11-9-28)22(32)18-6-1-2-7-19(18)25/h1-7,12-13H,8-11,14H2. The number of nitrogens with zero attached hydrogens (tertiary/aromatic N) is 5. The van der Waals surface area contributed by atoms with Gasteiger partial charge in [0.05, 0.1) is 11.3 Å². The van der Waals surface area contributed by atoms with E-state index in [2.05, 4.69) is 15.0 Å². The first-order valence-corrected chi connectivity index (χ1v) is 11.6. The van der Waals surface area contributed by atoms with Gasteiger partial charge in [0, 0.05) is 49.4 Å². The number of carbonyl (C=O) groups excluding carboxylic acids is 1. The third-order valence-electron chi connectivity index (χ3n) is 5.52. The van der Waals surface area contributed by atoms with Crippen LogP contribution < -0.4 is 5.56 Å². The monoisotopic (exact) mass is 483 g/mol. The van der Waals surface area contributed by atoms with Crippen molar-refractivity contribution in [2.24, 2.45) is 0 Å². The number of hydrogen-bond acceptors (Lipinski definition) is 6. The zero-order valence-corrected chi connectivity index (χ0v) is 19.0. The van der Waals surface area contributed by atoms with Crippen molar-refractivity contribution < 1.29 is 9.18 Å². The maximum absolute atomic E-state index is 13.9. The van der Waals surface area contributed by atoms with Crippen LogP contribution in [0.2, 0.25) is 5.02 Å². The van der Waals surface area contributed by atoms with E-state index in [1.54, 1.807) is 29.2 Å². The number of fused-ring (bicyclic) bond motifs is 1. The van der Waals surface area contributed by atoms with Gasteiger partial charge in [-0.05, 0) is 24.3 Å². The number of rotatable bonds is 4. The number of carbonyl (C=O) groups is 1. The smallest absolute Gasteiger partial charge is 0.275 e. The van der Waals surface area contributed by atoms with Crippen molar-refractivity contribution in [1.29, 1.82) is 0 Å². The van der Waals surface area contributed by atoms with E-state index in [9.17, 15) is 14.0 Å². The Balaban J connectivity index is 1.29. The van der Waals surface area contributed by atoms with E-state index in [0.29, 0.717) is 53.4 Å². The minimum absolute atomic E-state index is 0.0896. The van der Waals surface area contributed by atoms with Crippen molar-refractivity contribution in [3.63, 3.8) is 0 Å². The molecule has 10 heteroatoms. The highest BCUT2D eigenvalue weighted by Crippen LogP contribution is 2.26. The summed E-state index contributed by atoms with van der Waals surface area (Å²) in [5, 5.41) is 5.65. The number of halogens is 2. The molecule has 0 N–H and O–H groups in total. The SMILES string of the molecule is O=C(c1ccccc1F)N1CCN(Cc2cc(=O)n3nc(-c4cccc(Cl)c4)sc3n2)CC1. The third kappa shape index (κ3) is 4.52. The van der Waals surface area contributed by atoms with Crippen LogP contribution in [0, 0.1) is 5.82 Å². The fourth-order valence-electron chi connectivity index (χ4n) is 3.82. The van der Waals surface area contributed by atoms with E-state index in [0.717, 1.165) is 5.56 Å². The van der Waals surface area contributed by atoms with Crippen molar-refractivity contribution >= 4 is 33.8 Å². The lowest BCUT2D eigenvalue weighted by atomic mass is 10.1. The molecule has 0 unspecified atom stereocenters. The topological polar surface area (TPSA) is 70.8 Å². The Bertz CT molecular complexity index is 1400. The molecule has 1 saturated heterocycles. The molecule has 1 aliphatic heterocycles. The van der Waals surface area contributed by atoms with E-state index in [-0.39, 0.29) is 17.0 Å². The maximum Gasteiger partial charge on any atom is 0.275 e. The second-order valence-corrected chi connectivity index (χ2v) is 9.14. The molecule has 5 rings (SSSR count). The van der Waals surface area contributed by atoms with Crippen LogP contribution in [0.1, 0.15) is 16.1 Å². The summed E-state index contributed by atoms with van der Waals surface area (Å²) in [4.78, 5) is 34.2. The van der Waals surface area contributed by atoms with Crippen LogP contribution in [-0.4, -0.2) is 56.5 Å². The molecule has 0 spiro atoms. The first-order valence-electron chi connectivity index (χ1n) is 10.4. The largest absolute Gasteiger partial charge is 0.336 e. The Morgan fingerprint density at radius 3 is 2.61 bits per heavy atom. The summed E-state index contributed by atoms with van der Waals surface area (Å²) in [6, 6.07) is 14.8. The summed E-state index contributed by atoms with van der Waals surface area (Å²) in [7, 11) is 0. The fourth-order valence-corrected chi connectivity index (χ4v) is 4.93. The molecule has 0 saturated carbocycles. The summed E-state index contributed by atoms with van der Waals surface area (Å²) >= 11 is 7.40. The van der Waals surface area contributed by atoms with E-state index in [1.807, 2.05) is 12.1 Å². The second kappa shape index (κ2) is 9.01. The summed E-state index contributed by atoms with van der Waals surface area (Å²) < 4.78 is 15.2. The zero-order valence-electron chi connectivity index (χ0n) is 17.4. The summed E-state index contributed by atoms with van der Waals surface area (Å²) in [5.41, 5.74) is 1.32. The van der Waals surface area contributed by atoms with Crippen LogP contribution in [0.3, 0.4) is 0 Å². The van der Waals surface area contributed by atoms with E-state index in [4.69, 9.17) is 11.6 Å². The molecule has 33 heavy (non-hydrogen) atoms. The van der Waals surface area contributed by atoms with Gasteiger partial charge in [-0.2, -0.15) is 9.61 Å². The molecule has 0 atom stereocenters. The average molecular weight is 484 g/mol. The van der Waals surface area contributed by atoms with Crippen molar-refractivity contribution in [3.05, 3.63) is 87.0 Å². The van der Waals surface area contributed by atoms with E-state index in [1.165, 1.54) is 34.1 Å². The van der Waals surface area contributed by atoms with Gasteiger partial charge in [-0.3, -0.25) is 14.5 Å². The Kier molecular flexibility index (Phi) is 5.92. The molecule has 0 radical (unpaired) electrons. The molecule has 1 aliphatic rings. The van der Waals surface area contributed by atoms with Gasteiger partial charge in [0.25, 0.3) is 11.5 Å². The Morgan fingerprint density at radius 1 is 1.06 bits per heavy atom. The lowest BCUT2D eigenvalue weighted by molar-refractivity contribution is 0.0622. The van der Waals surface area contributed by atoms with Crippen LogP contribution >= 0.6 is 22.9 Å². The Hall–Kier alpha value is -3.14. The number of benzene rings is 2. The first-order chi connectivity index (χ1) is 16.0. The zero-order chi connectivity index (χ0) is 22.9. The van der Waals surface area contributed by atoms with Gasteiger partial charge in [0.1, 0.15) is 10.8 Å². The molecular weight excluding hydrogens is 465 g/mol. The fraction of sp³-hybridized carbons (Fsp3) is 0.217. The highest BCUT2D eigenvalue weighted by Gasteiger charge is 2.24. The second-order valence-electron chi connectivity index (χ2n) is 7.75. The number of hydrogen-bond donors (Lipinski definition) is 0. The molecule has 7 nitrogen and oxygen atoms in total. The van der Waals surface area contributed by atoms with Gasteiger partial charge >= 0.3 is 0 Å². The summed E-state index contributed by atoms with van der Waals surface area (Å²) in [6.45, 7) is 2.66. The normalized spacial score (nSPS) is 14.7. The molecule has 1 fully saturated rings. The predicted octanol–water partition coefficient (Wildman–Crippen LogP) is 3.57. The highest BCUT2D eigenvalue weighted by molar-refractivity contribution is 7.19. The lowest BCUT2D eigenvalue weighted by Gasteiger charge is -2.34. The summed E-state index contributed by atoms with van der Waals surface area (Å²) in [6.07, 6.45) is 0. The molecule has 1 amide bonds. The van der Waals surface area contributed by atoms with Gasteiger partial charge in [-0.15, -0.1) is 0 Å². The number of aromatic nitrogens is 3. The van der Waals surface area contributed by atoms with Crippen LogP contribution in [0.25, 0.3) is 15.5 Å². The van der Waals surface area contributed by atoms with Crippen molar-refractivity contribution in [2.75, 3.05) is 26.2 Å².